The third-order valence-corrected chi connectivity index (χ3v) is 4.22. The number of amides is 2. The Bertz CT molecular complexity index is 1090. The summed E-state index contributed by atoms with van der Waals surface area (Å²) in [6.07, 6.45) is 1.38. The van der Waals surface area contributed by atoms with Crippen molar-refractivity contribution in [2.75, 3.05) is 16.8 Å². The second-order valence-corrected chi connectivity index (χ2v) is 6.12. The summed E-state index contributed by atoms with van der Waals surface area (Å²) < 4.78 is 1.34. The molecular formula is C18H14N6O4. The van der Waals surface area contributed by atoms with Crippen molar-refractivity contribution in [3.63, 3.8) is 0 Å². The van der Waals surface area contributed by atoms with E-state index in [4.69, 9.17) is 0 Å². The summed E-state index contributed by atoms with van der Waals surface area (Å²) in [6.45, 7) is -0.203. The lowest BCUT2D eigenvalue weighted by molar-refractivity contribution is -0.384. The van der Waals surface area contributed by atoms with Crippen LogP contribution in [0.5, 0.6) is 0 Å². The second-order valence-electron chi connectivity index (χ2n) is 6.12. The molecule has 0 bridgehead atoms. The lowest BCUT2D eigenvalue weighted by Crippen LogP contribution is -2.43. The van der Waals surface area contributed by atoms with Crippen LogP contribution in [-0.4, -0.2) is 38.0 Å². The van der Waals surface area contributed by atoms with Gasteiger partial charge in [-0.25, -0.2) is 9.67 Å². The van der Waals surface area contributed by atoms with Gasteiger partial charge in [-0.2, -0.15) is 5.10 Å². The van der Waals surface area contributed by atoms with Gasteiger partial charge in [0.05, 0.1) is 16.3 Å². The lowest BCUT2D eigenvalue weighted by atomic mass is 10.2. The zero-order chi connectivity index (χ0) is 19.7. The Kier molecular flexibility index (Phi) is 4.28. The van der Waals surface area contributed by atoms with Gasteiger partial charge in [-0.3, -0.25) is 24.6 Å². The minimum Gasteiger partial charge on any atom is -0.323 e. The van der Waals surface area contributed by atoms with Gasteiger partial charge in [-0.1, -0.05) is 24.3 Å². The van der Waals surface area contributed by atoms with Crippen molar-refractivity contribution in [3.05, 3.63) is 65.0 Å². The van der Waals surface area contributed by atoms with Crippen molar-refractivity contribution in [1.82, 2.24) is 14.8 Å². The molecule has 0 radical (unpaired) electrons. The third-order valence-electron chi connectivity index (χ3n) is 4.22. The van der Waals surface area contributed by atoms with E-state index in [1.807, 2.05) is 0 Å². The van der Waals surface area contributed by atoms with E-state index >= 15 is 0 Å². The molecule has 1 aromatic heterocycles. The summed E-state index contributed by atoms with van der Waals surface area (Å²) in [5, 5.41) is 17.9. The van der Waals surface area contributed by atoms with E-state index in [2.05, 4.69) is 15.4 Å². The first-order valence-electron chi connectivity index (χ1n) is 8.35. The molecule has 2 amide bonds. The topological polar surface area (TPSA) is 123 Å². The number of benzene rings is 2. The summed E-state index contributed by atoms with van der Waals surface area (Å²) in [4.78, 5) is 40.5. The molecule has 1 N–H and O–H groups in total. The predicted octanol–water partition coefficient (Wildman–Crippen LogP) is 1.84. The van der Waals surface area contributed by atoms with Crippen molar-refractivity contribution >= 4 is 28.9 Å². The average molecular weight is 378 g/mol. The smallest absolute Gasteiger partial charge is 0.270 e. The highest BCUT2D eigenvalue weighted by Crippen LogP contribution is 2.29. The predicted molar refractivity (Wildman–Crippen MR) is 99.5 cm³/mol. The highest BCUT2D eigenvalue weighted by atomic mass is 16.6. The Hall–Kier alpha value is -4.08. The van der Waals surface area contributed by atoms with E-state index in [0.29, 0.717) is 16.9 Å². The minimum absolute atomic E-state index is 0.0686. The van der Waals surface area contributed by atoms with Crippen LogP contribution in [0.4, 0.5) is 17.1 Å². The van der Waals surface area contributed by atoms with Gasteiger partial charge in [-0.15, -0.1) is 0 Å². The standard InChI is InChI=1S/C18H14N6O4/c25-16-9-23(15-7-2-1-6-14(15)20-16)17(26)10-22-11-19-18(21-22)12-4-3-5-13(8-12)24(27)28/h1-8,11H,9-10H2,(H,20,25). The number of aromatic nitrogens is 3. The number of nitro benzene ring substituents is 1. The SMILES string of the molecule is O=C1CN(C(=O)Cn2cnc(-c3cccc([N+](=O)[O-])c3)n2)c2ccccc2N1. The number of carbonyl (C=O) groups excluding carboxylic acids is 2. The molecule has 0 atom stereocenters. The van der Waals surface area contributed by atoms with Crippen molar-refractivity contribution in [1.29, 1.82) is 0 Å². The maximum Gasteiger partial charge on any atom is 0.270 e. The molecule has 0 fully saturated rings. The van der Waals surface area contributed by atoms with Gasteiger partial charge in [-0.05, 0) is 12.1 Å². The molecule has 0 unspecified atom stereocenters. The van der Waals surface area contributed by atoms with Crippen molar-refractivity contribution in [2.24, 2.45) is 0 Å². The molecular weight excluding hydrogens is 364 g/mol. The maximum absolute atomic E-state index is 12.7. The fraction of sp³-hybridized carbons (Fsp3) is 0.111. The number of non-ortho nitro benzene ring substituents is 1. The van der Waals surface area contributed by atoms with Crippen LogP contribution >= 0.6 is 0 Å². The van der Waals surface area contributed by atoms with Crippen molar-refractivity contribution < 1.29 is 14.5 Å². The number of para-hydroxylation sites is 2. The van der Waals surface area contributed by atoms with Crippen LogP contribution < -0.4 is 10.2 Å². The van der Waals surface area contributed by atoms with Crippen LogP contribution in [0, 0.1) is 10.1 Å². The van der Waals surface area contributed by atoms with Gasteiger partial charge in [0.2, 0.25) is 11.8 Å². The number of rotatable bonds is 4. The van der Waals surface area contributed by atoms with Gasteiger partial charge in [0.25, 0.3) is 5.69 Å². The number of anilines is 2. The number of hydrogen-bond donors (Lipinski definition) is 1. The number of fused-ring (bicyclic) bond motifs is 1. The molecule has 0 aliphatic carbocycles. The average Bonchev–Trinajstić information content (AvgIpc) is 3.15. The number of hydrogen-bond acceptors (Lipinski definition) is 6. The lowest BCUT2D eigenvalue weighted by Gasteiger charge is -2.29. The van der Waals surface area contributed by atoms with Gasteiger partial charge in [0.1, 0.15) is 19.4 Å². The van der Waals surface area contributed by atoms with Crippen LogP contribution in [0.2, 0.25) is 0 Å². The Morgan fingerprint density at radius 1 is 1.21 bits per heavy atom. The quantitative estimate of drug-likeness (QED) is 0.546. The highest BCUT2D eigenvalue weighted by Gasteiger charge is 2.26. The van der Waals surface area contributed by atoms with Crippen LogP contribution in [-0.2, 0) is 16.1 Å². The summed E-state index contributed by atoms with van der Waals surface area (Å²) in [7, 11) is 0. The summed E-state index contributed by atoms with van der Waals surface area (Å²) in [5.41, 5.74) is 1.60. The molecule has 10 nitrogen and oxygen atoms in total. The second kappa shape index (κ2) is 6.91. The van der Waals surface area contributed by atoms with Gasteiger partial charge < -0.3 is 5.32 Å². The van der Waals surface area contributed by atoms with E-state index < -0.39 is 4.92 Å². The Labute approximate surface area is 158 Å². The Morgan fingerprint density at radius 3 is 2.86 bits per heavy atom. The number of nitrogens with one attached hydrogen (secondary N) is 1. The van der Waals surface area contributed by atoms with E-state index in [9.17, 15) is 19.7 Å². The van der Waals surface area contributed by atoms with Crippen molar-refractivity contribution in [3.8, 4) is 11.4 Å². The van der Waals surface area contributed by atoms with Crippen LogP contribution in [0.1, 0.15) is 0 Å². The highest BCUT2D eigenvalue weighted by molar-refractivity contribution is 6.09. The van der Waals surface area contributed by atoms with Crippen LogP contribution in [0.25, 0.3) is 11.4 Å². The minimum atomic E-state index is -0.497. The number of nitro groups is 1. The molecule has 2 heterocycles. The molecule has 3 aromatic rings. The largest absolute Gasteiger partial charge is 0.323 e. The van der Waals surface area contributed by atoms with Gasteiger partial charge in [0.15, 0.2) is 5.82 Å². The molecule has 0 saturated carbocycles. The van der Waals surface area contributed by atoms with Crippen molar-refractivity contribution in [2.45, 2.75) is 6.54 Å². The normalized spacial score (nSPS) is 13.0. The Morgan fingerprint density at radius 2 is 2.04 bits per heavy atom. The van der Waals surface area contributed by atoms with E-state index in [-0.39, 0.29) is 36.4 Å². The zero-order valence-corrected chi connectivity index (χ0v) is 14.5. The first-order chi connectivity index (χ1) is 13.5. The van der Waals surface area contributed by atoms with E-state index in [1.54, 1.807) is 36.4 Å². The van der Waals surface area contributed by atoms with E-state index in [1.165, 1.54) is 28.0 Å². The van der Waals surface area contributed by atoms with Crippen LogP contribution in [0.15, 0.2) is 54.9 Å². The fourth-order valence-corrected chi connectivity index (χ4v) is 2.94. The molecule has 0 spiro atoms. The third kappa shape index (κ3) is 3.30. The monoisotopic (exact) mass is 378 g/mol. The zero-order valence-electron chi connectivity index (χ0n) is 14.5. The molecule has 28 heavy (non-hydrogen) atoms. The summed E-state index contributed by atoms with van der Waals surface area (Å²) in [5.74, 6) is -0.325. The number of carbonyl (C=O) groups is 2. The molecule has 10 heteroatoms. The van der Waals surface area contributed by atoms with Crippen LogP contribution in [0.3, 0.4) is 0 Å². The van der Waals surface area contributed by atoms with Gasteiger partial charge >= 0.3 is 0 Å². The van der Waals surface area contributed by atoms with E-state index in [0.717, 1.165) is 0 Å². The molecule has 0 saturated heterocycles. The summed E-state index contributed by atoms with van der Waals surface area (Å²) in [6, 6.07) is 13.0. The first kappa shape index (κ1) is 17.3. The Balaban J connectivity index is 1.55. The maximum atomic E-state index is 12.7. The number of nitrogens with zero attached hydrogens (tertiary/aromatic N) is 5. The molecule has 1 aliphatic rings. The fourth-order valence-electron chi connectivity index (χ4n) is 2.94. The molecule has 2 aromatic carbocycles. The molecule has 1 aliphatic heterocycles. The first-order valence-corrected chi connectivity index (χ1v) is 8.35. The summed E-state index contributed by atoms with van der Waals surface area (Å²) >= 11 is 0. The molecule has 140 valence electrons. The van der Waals surface area contributed by atoms with Gasteiger partial charge in [0, 0.05) is 17.7 Å². The molecule has 4 rings (SSSR count).